The molecule has 1 saturated heterocycles. The number of likely N-dealkylation sites (N-methyl/N-ethyl adjacent to an activating group) is 1. The largest absolute Gasteiger partial charge is 0.490 e. The number of rotatable bonds is 4. The van der Waals surface area contributed by atoms with Gasteiger partial charge in [-0.2, -0.15) is 18.2 Å². The van der Waals surface area contributed by atoms with Gasteiger partial charge in [-0.3, -0.25) is 4.90 Å². The third kappa shape index (κ3) is 5.92. The highest BCUT2D eigenvalue weighted by Crippen LogP contribution is 2.31. The van der Waals surface area contributed by atoms with Crippen molar-refractivity contribution in [1.29, 1.82) is 0 Å². The number of alkyl halides is 3. The molecule has 1 aromatic rings. The number of fused-ring (bicyclic) bond motifs is 1. The fourth-order valence-corrected chi connectivity index (χ4v) is 3.17. The molecule has 0 unspecified atom stereocenters. The lowest BCUT2D eigenvalue weighted by Crippen LogP contribution is -2.38. The Bertz CT molecular complexity index is 721. The van der Waals surface area contributed by atoms with Crippen LogP contribution in [0.2, 0.25) is 0 Å². The molecule has 29 heavy (non-hydrogen) atoms. The molecule has 0 aromatic carbocycles. The van der Waals surface area contributed by atoms with Crippen molar-refractivity contribution in [2.75, 3.05) is 49.6 Å². The summed E-state index contributed by atoms with van der Waals surface area (Å²) in [6, 6.07) is 0.619. The Hall–Kier alpha value is -2.14. The lowest BCUT2D eigenvalue weighted by atomic mass is 10.1. The highest BCUT2D eigenvalue weighted by molar-refractivity contribution is 5.73. The molecular formula is C18H26F3N5O3. The number of carboxylic acid groups (broad SMARTS) is 1. The van der Waals surface area contributed by atoms with Crippen molar-refractivity contribution in [2.45, 2.75) is 44.9 Å². The molecule has 0 amide bonds. The first-order valence-electron chi connectivity index (χ1n) is 9.79. The van der Waals surface area contributed by atoms with Gasteiger partial charge in [0.05, 0.1) is 18.9 Å². The Morgan fingerprint density at radius 2 is 1.90 bits per heavy atom. The number of nitrogens with one attached hydrogen (secondary N) is 1. The smallest absolute Gasteiger partial charge is 0.475 e. The average molecular weight is 417 g/mol. The first kappa shape index (κ1) is 21.6. The minimum absolute atomic E-state index is 0.619. The molecule has 2 aliphatic heterocycles. The maximum absolute atomic E-state index is 10.6. The summed E-state index contributed by atoms with van der Waals surface area (Å²) >= 11 is 0. The van der Waals surface area contributed by atoms with Gasteiger partial charge < -0.3 is 20.1 Å². The van der Waals surface area contributed by atoms with Crippen LogP contribution >= 0.6 is 0 Å². The minimum Gasteiger partial charge on any atom is -0.475 e. The summed E-state index contributed by atoms with van der Waals surface area (Å²) in [7, 11) is 0. The SMILES string of the molecule is CCN1CCc2nc(N3CCOCC3)nc(NC3CC3)c2C1.O=C(O)C(F)(F)F. The van der Waals surface area contributed by atoms with Crippen LogP contribution in [0.1, 0.15) is 31.0 Å². The molecule has 1 aromatic heterocycles. The minimum atomic E-state index is -5.08. The summed E-state index contributed by atoms with van der Waals surface area (Å²) in [5, 5.41) is 10.8. The van der Waals surface area contributed by atoms with Crippen LogP contribution in [0.3, 0.4) is 0 Å². The van der Waals surface area contributed by atoms with Crippen molar-refractivity contribution in [3.63, 3.8) is 0 Å². The fourth-order valence-electron chi connectivity index (χ4n) is 3.17. The standard InChI is InChI=1S/C16H25N5O.C2HF3O2/c1-2-20-6-5-14-13(11-20)15(17-12-3-4-12)19-16(18-14)21-7-9-22-10-8-21;3-2(4,5)1(6)7/h12H,2-11H2,1H3,(H,17,18,19);(H,6,7). The van der Waals surface area contributed by atoms with Gasteiger partial charge in [0.25, 0.3) is 0 Å². The molecule has 0 radical (unpaired) electrons. The van der Waals surface area contributed by atoms with Gasteiger partial charge in [0, 0.05) is 44.2 Å². The Labute approximate surface area is 167 Å². The van der Waals surface area contributed by atoms with Crippen molar-refractivity contribution in [2.24, 2.45) is 0 Å². The molecular weight excluding hydrogens is 391 g/mol. The quantitative estimate of drug-likeness (QED) is 0.768. The molecule has 0 atom stereocenters. The van der Waals surface area contributed by atoms with Crippen LogP contribution in [0.5, 0.6) is 0 Å². The predicted octanol–water partition coefficient (Wildman–Crippen LogP) is 1.90. The van der Waals surface area contributed by atoms with Crippen LogP contribution in [0.25, 0.3) is 0 Å². The summed E-state index contributed by atoms with van der Waals surface area (Å²) in [5.74, 6) is -0.796. The number of halogens is 3. The van der Waals surface area contributed by atoms with E-state index < -0.39 is 12.1 Å². The highest BCUT2D eigenvalue weighted by atomic mass is 19.4. The van der Waals surface area contributed by atoms with E-state index in [1.54, 1.807) is 0 Å². The normalized spacial score (nSPS) is 19.8. The molecule has 8 nitrogen and oxygen atoms in total. The summed E-state index contributed by atoms with van der Waals surface area (Å²) in [6.07, 6.45) is -1.52. The molecule has 2 fully saturated rings. The van der Waals surface area contributed by atoms with Gasteiger partial charge in [0.15, 0.2) is 0 Å². The zero-order valence-corrected chi connectivity index (χ0v) is 16.3. The number of carboxylic acids is 1. The molecule has 11 heteroatoms. The lowest BCUT2D eigenvalue weighted by Gasteiger charge is -2.31. The molecule has 3 heterocycles. The van der Waals surface area contributed by atoms with Crippen LogP contribution < -0.4 is 10.2 Å². The molecule has 162 valence electrons. The van der Waals surface area contributed by atoms with E-state index in [2.05, 4.69) is 22.0 Å². The van der Waals surface area contributed by atoms with Crippen molar-refractivity contribution in [1.82, 2.24) is 14.9 Å². The van der Waals surface area contributed by atoms with Crippen molar-refractivity contribution in [3.05, 3.63) is 11.3 Å². The zero-order chi connectivity index (χ0) is 21.0. The number of morpholine rings is 1. The van der Waals surface area contributed by atoms with Gasteiger partial charge in [-0.25, -0.2) is 9.78 Å². The molecule has 2 N–H and O–H groups in total. The van der Waals surface area contributed by atoms with E-state index in [0.717, 1.165) is 64.1 Å². The van der Waals surface area contributed by atoms with E-state index >= 15 is 0 Å². The Morgan fingerprint density at radius 1 is 1.24 bits per heavy atom. The summed E-state index contributed by atoms with van der Waals surface area (Å²) in [5.41, 5.74) is 2.56. The summed E-state index contributed by atoms with van der Waals surface area (Å²) < 4.78 is 37.2. The van der Waals surface area contributed by atoms with Crippen LogP contribution in [-0.2, 0) is 22.5 Å². The van der Waals surface area contributed by atoms with E-state index in [1.165, 1.54) is 24.1 Å². The molecule has 3 aliphatic rings. The fraction of sp³-hybridized carbons (Fsp3) is 0.722. The topological polar surface area (TPSA) is 90.8 Å². The molecule has 1 aliphatic carbocycles. The summed E-state index contributed by atoms with van der Waals surface area (Å²) in [4.78, 5) is 23.4. The molecule has 1 saturated carbocycles. The Kier molecular flexibility index (Phi) is 6.78. The Balaban J connectivity index is 0.000000298. The number of carbonyl (C=O) groups is 1. The number of nitrogens with zero attached hydrogens (tertiary/aromatic N) is 4. The predicted molar refractivity (Wildman–Crippen MR) is 100 cm³/mol. The number of anilines is 2. The van der Waals surface area contributed by atoms with Crippen molar-refractivity contribution in [3.8, 4) is 0 Å². The highest BCUT2D eigenvalue weighted by Gasteiger charge is 2.38. The van der Waals surface area contributed by atoms with Gasteiger partial charge in [0.1, 0.15) is 5.82 Å². The van der Waals surface area contributed by atoms with Gasteiger partial charge in [-0.1, -0.05) is 6.92 Å². The third-order valence-electron chi connectivity index (χ3n) is 5.03. The van der Waals surface area contributed by atoms with Crippen molar-refractivity contribution >= 4 is 17.7 Å². The first-order chi connectivity index (χ1) is 13.8. The van der Waals surface area contributed by atoms with E-state index in [4.69, 9.17) is 24.6 Å². The van der Waals surface area contributed by atoms with Gasteiger partial charge in [0.2, 0.25) is 5.95 Å². The molecule has 0 bridgehead atoms. The molecule has 0 spiro atoms. The van der Waals surface area contributed by atoms with Gasteiger partial charge in [-0.05, 0) is 19.4 Å². The number of ether oxygens (including phenoxy) is 1. The monoisotopic (exact) mass is 417 g/mol. The first-order valence-corrected chi connectivity index (χ1v) is 9.79. The number of aromatic nitrogens is 2. The second-order valence-electron chi connectivity index (χ2n) is 7.24. The maximum atomic E-state index is 10.6. The number of hydrogen-bond acceptors (Lipinski definition) is 7. The lowest BCUT2D eigenvalue weighted by molar-refractivity contribution is -0.192. The van der Waals surface area contributed by atoms with Crippen LogP contribution in [0.15, 0.2) is 0 Å². The van der Waals surface area contributed by atoms with E-state index in [9.17, 15) is 13.2 Å². The second kappa shape index (κ2) is 9.12. The average Bonchev–Trinajstić information content (AvgIpc) is 3.52. The van der Waals surface area contributed by atoms with Gasteiger partial charge >= 0.3 is 12.1 Å². The molecule has 4 rings (SSSR count). The van der Waals surface area contributed by atoms with E-state index in [-0.39, 0.29) is 0 Å². The van der Waals surface area contributed by atoms with Crippen LogP contribution in [-0.4, -0.2) is 77.6 Å². The van der Waals surface area contributed by atoms with E-state index in [0.29, 0.717) is 6.04 Å². The maximum Gasteiger partial charge on any atom is 0.490 e. The zero-order valence-electron chi connectivity index (χ0n) is 16.3. The van der Waals surface area contributed by atoms with Crippen LogP contribution in [0, 0.1) is 0 Å². The van der Waals surface area contributed by atoms with Crippen LogP contribution in [0.4, 0.5) is 24.9 Å². The number of aliphatic carboxylic acids is 1. The van der Waals surface area contributed by atoms with Gasteiger partial charge in [-0.15, -0.1) is 0 Å². The van der Waals surface area contributed by atoms with E-state index in [1.807, 2.05) is 0 Å². The third-order valence-corrected chi connectivity index (χ3v) is 5.03. The second-order valence-corrected chi connectivity index (χ2v) is 7.24. The van der Waals surface area contributed by atoms with Crippen molar-refractivity contribution < 1.29 is 27.8 Å². The number of hydrogen-bond donors (Lipinski definition) is 2. The Morgan fingerprint density at radius 3 is 2.45 bits per heavy atom. The summed E-state index contributed by atoms with van der Waals surface area (Å²) in [6.45, 7) is 8.72.